The van der Waals surface area contributed by atoms with Gasteiger partial charge in [0.1, 0.15) is 0 Å². The van der Waals surface area contributed by atoms with E-state index in [9.17, 15) is 18.0 Å². The maximum Gasteiger partial charge on any atom is 0.433 e. The average molecular weight is 397 g/mol. The molecule has 1 N–H and O–H groups in total. The molecule has 11 heteroatoms. The lowest BCUT2D eigenvalue weighted by Gasteiger charge is -2.26. The minimum Gasteiger partial charge on any atom is -0.379 e. The Kier molecular flexibility index (Phi) is 4.58. The number of carbonyl (C=O) groups is 1. The van der Waals surface area contributed by atoms with Crippen molar-refractivity contribution in [3.05, 3.63) is 41.0 Å². The van der Waals surface area contributed by atoms with Gasteiger partial charge < -0.3 is 4.74 Å². The van der Waals surface area contributed by atoms with Gasteiger partial charge in [-0.3, -0.25) is 10.2 Å². The third-order valence-corrected chi connectivity index (χ3v) is 4.89. The van der Waals surface area contributed by atoms with E-state index < -0.39 is 17.8 Å². The normalized spacial score (nSPS) is 16.0. The van der Waals surface area contributed by atoms with Gasteiger partial charge in [0, 0.05) is 19.2 Å². The van der Waals surface area contributed by atoms with Crippen LogP contribution in [0.5, 0.6) is 0 Å². The van der Waals surface area contributed by atoms with Crippen molar-refractivity contribution >= 4 is 22.9 Å². The average Bonchev–Trinajstić information content (AvgIpc) is 3.30. The van der Waals surface area contributed by atoms with Gasteiger partial charge in [-0.05, 0) is 17.5 Å². The molecular weight excluding hydrogens is 383 g/mol. The van der Waals surface area contributed by atoms with Crippen LogP contribution in [0, 0.1) is 0 Å². The fraction of sp³-hybridized carbons (Fsp3) is 0.312. The number of nitrogens with one attached hydrogen (secondary N) is 1. The van der Waals surface area contributed by atoms with E-state index in [1.54, 1.807) is 22.5 Å². The molecule has 1 aliphatic heterocycles. The Labute approximate surface area is 155 Å². The van der Waals surface area contributed by atoms with Crippen molar-refractivity contribution in [2.24, 2.45) is 0 Å². The van der Waals surface area contributed by atoms with Crippen LogP contribution < -0.4 is 5.43 Å². The molecule has 0 radical (unpaired) electrons. The molecule has 0 atom stereocenters. The summed E-state index contributed by atoms with van der Waals surface area (Å²) < 4.78 is 46.4. The predicted molar refractivity (Wildman–Crippen MR) is 91.2 cm³/mol. The predicted octanol–water partition coefficient (Wildman–Crippen LogP) is 2.45. The van der Waals surface area contributed by atoms with E-state index in [0.29, 0.717) is 35.7 Å². The van der Waals surface area contributed by atoms with Gasteiger partial charge in [-0.1, -0.05) is 6.07 Å². The van der Waals surface area contributed by atoms with E-state index in [1.807, 2.05) is 0 Å². The zero-order valence-electron chi connectivity index (χ0n) is 13.9. The Morgan fingerprint density at radius 2 is 2.04 bits per heavy atom. The summed E-state index contributed by atoms with van der Waals surface area (Å²) in [5.74, 6) is -0.590. The van der Waals surface area contributed by atoms with Crippen molar-refractivity contribution in [3.8, 4) is 10.6 Å². The largest absolute Gasteiger partial charge is 0.433 e. The van der Waals surface area contributed by atoms with Crippen molar-refractivity contribution in [2.45, 2.75) is 6.18 Å². The van der Waals surface area contributed by atoms with Gasteiger partial charge in [0.2, 0.25) is 0 Å². The number of hydrogen-bond acceptors (Lipinski definition) is 6. The maximum absolute atomic E-state index is 13.5. The Bertz CT molecular complexity index is 964. The summed E-state index contributed by atoms with van der Waals surface area (Å²) in [7, 11) is 0. The highest BCUT2D eigenvalue weighted by Crippen LogP contribution is 2.33. The summed E-state index contributed by atoms with van der Waals surface area (Å²) in [4.78, 5) is 17.2. The molecule has 0 bridgehead atoms. The first-order valence-corrected chi connectivity index (χ1v) is 8.95. The number of morpholine rings is 1. The fourth-order valence-corrected chi connectivity index (χ4v) is 3.40. The number of amides is 1. The van der Waals surface area contributed by atoms with Crippen LogP contribution in [-0.2, 0) is 10.9 Å². The number of alkyl halides is 3. The van der Waals surface area contributed by atoms with Crippen LogP contribution in [-0.4, -0.2) is 51.8 Å². The number of halogens is 3. The zero-order chi connectivity index (χ0) is 19.0. The lowest BCUT2D eigenvalue weighted by atomic mass is 10.2. The van der Waals surface area contributed by atoms with Gasteiger partial charge in [-0.15, -0.1) is 11.3 Å². The van der Waals surface area contributed by atoms with Crippen LogP contribution in [0.3, 0.4) is 0 Å². The van der Waals surface area contributed by atoms with Crippen molar-refractivity contribution in [2.75, 3.05) is 26.3 Å². The van der Waals surface area contributed by atoms with E-state index in [1.165, 1.54) is 17.4 Å². The summed E-state index contributed by atoms with van der Waals surface area (Å²) >= 11 is 1.28. The Morgan fingerprint density at radius 3 is 2.70 bits per heavy atom. The maximum atomic E-state index is 13.5. The first-order chi connectivity index (χ1) is 12.9. The quantitative estimate of drug-likeness (QED) is 0.735. The lowest BCUT2D eigenvalue weighted by Crippen LogP contribution is -2.48. The van der Waals surface area contributed by atoms with Crippen LogP contribution in [0.2, 0.25) is 0 Å². The Morgan fingerprint density at radius 1 is 1.26 bits per heavy atom. The van der Waals surface area contributed by atoms with Crippen LogP contribution in [0.25, 0.3) is 16.2 Å². The topological polar surface area (TPSA) is 71.8 Å². The minimum absolute atomic E-state index is 0.0413. The molecule has 1 aliphatic rings. The van der Waals surface area contributed by atoms with Crippen LogP contribution in [0.15, 0.2) is 29.6 Å². The van der Waals surface area contributed by atoms with Gasteiger partial charge in [-0.2, -0.15) is 18.3 Å². The minimum atomic E-state index is -4.64. The molecule has 1 fully saturated rings. The summed E-state index contributed by atoms with van der Waals surface area (Å²) in [5, 5.41) is 7.23. The summed E-state index contributed by atoms with van der Waals surface area (Å²) in [6.07, 6.45) is -4.64. The highest BCUT2D eigenvalue weighted by molar-refractivity contribution is 7.13. The third kappa shape index (κ3) is 3.66. The lowest BCUT2D eigenvalue weighted by molar-refractivity contribution is -0.142. The first kappa shape index (κ1) is 17.9. The molecule has 142 valence electrons. The molecule has 0 aliphatic carbocycles. The SMILES string of the molecule is O=C(NN1CCOCC1)c1cc2nc(-c3cccs3)cc(C(F)(F)F)n2n1. The monoisotopic (exact) mass is 397 g/mol. The molecule has 4 heterocycles. The van der Waals surface area contributed by atoms with Crippen molar-refractivity contribution in [1.29, 1.82) is 0 Å². The smallest absolute Gasteiger partial charge is 0.379 e. The molecule has 0 aromatic carbocycles. The zero-order valence-corrected chi connectivity index (χ0v) is 14.7. The molecule has 4 rings (SSSR count). The van der Waals surface area contributed by atoms with E-state index in [-0.39, 0.29) is 17.0 Å². The number of ether oxygens (including phenoxy) is 1. The fourth-order valence-electron chi connectivity index (χ4n) is 2.71. The standard InChI is InChI=1S/C16H14F3N5O2S/c17-16(18,19)13-8-10(12-2-1-7-27-12)20-14-9-11(21-24(13)14)15(25)22-23-3-5-26-6-4-23/h1-2,7-9H,3-6H2,(H,22,25). The molecular formula is C16H14F3N5O2S. The number of rotatable bonds is 3. The number of hydrogen-bond donors (Lipinski definition) is 1. The molecule has 3 aromatic rings. The third-order valence-electron chi connectivity index (χ3n) is 3.99. The molecule has 1 saturated heterocycles. The van der Waals surface area contributed by atoms with Gasteiger partial charge in [-0.25, -0.2) is 14.5 Å². The first-order valence-electron chi connectivity index (χ1n) is 8.07. The van der Waals surface area contributed by atoms with Crippen LogP contribution in [0.1, 0.15) is 16.2 Å². The van der Waals surface area contributed by atoms with Gasteiger partial charge in [0.25, 0.3) is 5.91 Å². The molecule has 0 spiro atoms. The van der Waals surface area contributed by atoms with E-state index in [4.69, 9.17) is 4.74 Å². The number of thiophene rings is 1. The van der Waals surface area contributed by atoms with E-state index >= 15 is 0 Å². The highest BCUT2D eigenvalue weighted by Gasteiger charge is 2.35. The van der Waals surface area contributed by atoms with Crippen molar-refractivity contribution in [1.82, 2.24) is 25.0 Å². The van der Waals surface area contributed by atoms with E-state index in [2.05, 4.69) is 15.5 Å². The Balaban J connectivity index is 1.72. The molecule has 0 saturated carbocycles. The molecule has 1 amide bonds. The van der Waals surface area contributed by atoms with Gasteiger partial charge in [0.05, 0.1) is 23.8 Å². The molecule has 7 nitrogen and oxygen atoms in total. The number of carbonyl (C=O) groups excluding carboxylic acids is 1. The van der Waals surface area contributed by atoms with Crippen molar-refractivity contribution in [3.63, 3.8) is 0 Å². The van der Waals surface area contributed by atoms with Crippen LogP contribution >= 0.6 is 11.3 Å². The van der Waals surface area contributed by atoms with Gasteiger partial charge in [0.15, 0.2) is 17.0 Å². The number of hydrazine groups is 1. The molecule has 3 aromatic heterocycles. The summed E-state index contributed by atoms with van der Waals surface area (Å²) in [5.41, 5.74) is 1.65. The molecule has 0 unspecified atom stereocenters. The highest BCUT2D eigenvalue weighted by atomic mass is 32.1. The second-order valence-electron chi connectivity index (χ2n) is 5.84. The Hall–Kier alpha value is -2.50. The van der Waals surface area contributed by atoms with Crippen LogP contribution in [0.4, 0.5) is 13.2 Å². The number of fused-ring (bicyclic) bond motifs is 1. The summed E-state index contributed by atoms with van der Waals surface area (Å²) in [6.45, 7) is 1.92. The second-order valence-corrected chi connectivity index (χ2v) is 6.79. The second kappa shape index (κ2) is 6.91. The summed E-state index contributed by atoms with van der Waals surface area (Å²) in [6, 6.07) is 5.61. The number of nitrogens with zero attached hydrogens (tertiary/aromatic N) is 4. The van der Waals surface area contributed by atoms with Crippen molar-refractivity contribution < 1.29 is 22.7 Å². The van der Waals surface area contributed by atoms with Gasteiger partial charge >= 0.3 is 6.18 Å². The molecule has 27 heavy (non-hydrogen) atoms. The number of aromatic nitrogens is 3. The van der Waals surface area contributed by atoms with E-state index in [0.717, 1.165) is 6.07 Å².